The van der Waals surface area contributed by atoms with E-state index in [2.05, 4.69) is 54.0 Å². The highest BCUT2D eigenvalue weighted by molar-refractivity contribution is 9.10. The molecule has 1 aromatic carbocycles. The van der Waals surface area contributed by atoms with Crippen molar-refractivity contribution < 1.29 is 4.43 Å². The van der Waals surface area contributed by atoms with Crippen molar-refractivity contribution in [3.8, 4) is 0 Å². The number of rotatable bonds is 6. The van der Waals surface area contributed by atoms with Gasteiger partial charge in [-0.1, -0.05) is 54.8 Å². The quantitative estimate of drug-likeness (QED) is 0.720. The molecule has 0 heterocycles. The van der Waals surface area contributed by atoms with E-state index >= 15 is 0 Å². The molecule has 0 N–H and O–H groups in total. The largest absolute Gasteiger partial charge is 0.415 e. The Morgan fingerprint density at radius 3 is 2.25 bits per heavy atom. The molecule has 0 aliphatic rings. The van der Waals surface area contributed by atoms with E-state index in [0.717, 1.165) is 4.47 Å². The normalized spacial score (nSPS) is 11.8. The summed E-state index contributed by atoms with van der Waals surface area (Å²) in [5.74, 6) is 0. The third-order valence-corrected chi connectivity index (χ3v) is 8.30. The van der Waals surface area contributed by atoms with Crippen LogP contribution in [-0.2, 0) is 4.43 Å². The van der Waals surface area contributed by atoms with Crippen LogP contribution in [0.3, 0.4) is 0 Å². The SMILES string of the molecule is CCC[Si](CCC)(OC)c1cccc(Br)c1. The molecule has 0 amide bonds. The van der Waals surface area contributed by atoms with Crippen LogP contribution in [0, 0.1) is 0 Å². The van der Waals surface area contributed by atoms with Crippen molar-refractivity contribution in [2.24, 2.45) is 0 Å². The van der Waals surface area contributed by atoms with Gasteiger partial charge in [0.1, 0.15) is 0 Å². The molecule has 1 nitrogen and oxygen atoms in total. The summed E-state index contributed by atoms with van der Waals surface area (Å²) >= 11 is 3.55. The highest BCUT2D eigenvalue weighted by Crippen LogP contribution is 2.22. The van der Waals surface area contributed by atoms with E-state index < -0.39 is 8.32 Å². The Balaban J connectivity index is 3.07. The van der Waals surface area contributed by atoms with Crippen LogP contribution in [0.15, 0.2) is 28.7 Å². The van der Waals surface area contributed by atoms with Crippen LogP contribution in [0.1, 0.15) is 26.7 Å². The van der Waals surface area contributed by atoms with Gasteiger partial charge in [0, 0.05) is 11.6 Å². The smallest absolute Gasteiger partial charge is 0.223 e. The monoisotopic (exact) mass is 300 g/mol. The van der Waals surface area contributed by atoms with E-state index in [1.54, 1.807) is 0 Å². The lowest BCUT2D eigenvalue weighted by Crippen LogP contribution is -2.49. The minimum absolute atomic E-state index is 1.16. The van der Waals surface area contributed by atoms with Gasteiger partial charge in [-0.25, -0.2) is 0 Å². The Labute approximate surface area is 108 Å². The van der Waals surface area contributed by atoms with Crippen molar-refractivity contribution in [2.75, 3.05) is 7.11 Å². The Bertz CT molecular complexity index is 321. The van der Waals surface area contributed by atoms with Crippen molar-refractivity contribution in [1.29, 1.82) is 0 Å². The Morgan fingerprint density at radius 2 is 1.81 bits per heavy atom. The molecular weight excluding hydrogens is 280 g/mol. The van der Waals surface area contributed by atoms with Crippen molar-refractivity contribution in [3.63, 3.8) is 0 Å². The van der Waals surface area contributed by atoms with E-state index in [1.165, 1.54) is 30.1 Å². The van der Waals surface area contributed by atoms with Gasteiger partial charge in [0.25, 0.3) is 0 Å². The first-order chi connectivity index (χ1) is 7.68. The van der Waals surface area contributed by atoms with Gasteiger partial charge in [0.15, 0.2) is 0 Å². The summed E-state index contributed by atoms with van der Waals surface area (Å²) in [4.78, 5) is 0. The minimum atomic E-state index is -1.71. The Kier molecular flexibility index (Phi) is 5.73. The molecule has 0 aliphatic carbocycles. The van der Waals surface area contributed by atoms with E-state index in [0.29, 0.717) is 0 Å². The third-order valence-electron chi connectivity index (χ3n) is 3.05. The van der Waals surface area contributed by atoms with Crippen molar-refractivity contribution in [1.82, 2.24) is 0 Å². The molecule has 1 rings (SSSR count). The fourth-order valence-electron chi connectivity index (χ4n) is 2.32. The van der Waals surface area contributed by atoms with Gasteiger partial charge in [-0.3, -0.25) is 0 Å². The maximum atomic E-state index is 5.98. The number of hydrogen-bond acceptors (Lipinski definition) is 1. The van der Waals surface area contributed by atoms with Crippen molar-refractivity contribution >= 4 is 29.4 Å². The van der Waals surface area contributed by atoms with Gasteiger partial charge >= 0.3 is 0 Å². The average molecular weight is 301 g/mol. The second-order valence-electron chi connectivity index (χ2n) is 4.21. The summed E-state index contributed by atoms with van der Waals surface area (Å²) in [6.07, 6.45) is 2.40. The molecule has 90 valence electrons. The number of halogens is 1. The van der Waals surface area contributed by atoms with Crippen LogP contribution >= 0.6 is 15.9 Å². The molecular formula is C13H21BrOSi. The Morgan fingerprint density at radius 1 is 1.19 bits per heavy atom. The summed E-state index contributed by atoms with van der Waals surface area (Å²) < 4.78 is 7.14. The van der Waals surface area contributed by atoms with Gasteiger partial charge in [-0.05, 0) is 29.4 Å². The lowest BCUT2D eigenvalue weighted by atomic mass is 10.4. The molecule has 0 bridgehead atoms. The predicted molar refractivity (Wildman–Crippen MR) is 76.7 cm³/mol. The van der Waals surface area contributed by atoms with Gasteiger partial charge in [0.2, 0.25) is 8.32 Å². The second kappa shape index (κ2) is 6.57. The molecule has 0 aromatic heterocycles. The summed E-state index contributed by atoms with van der Waals surface area (Å²) in [7, 11) is 0.180. The van der Waals surface area contributed by atoms with Crippen LogP contribution in [0.25, 0.3) is 0 Å². The molecule has 0 atom stereocenters. The van der Waals surface area contributed by atoms with Crippen LogP contribution in [0.4, 0.5) is 0 Å². The molecule has 0 spiro atoms. The Hall–Kier alpha value is -0.123. The van der Waals surface area contributed by atoms with Crippen LogP contribution < -0.4 is 5.19 Å². The maximum absolute atomic E-state index is 5.98. The van der Waals surface area contributed by atoms with E-state index in [1.807, 2.05) is 7.11 Å². The molecule has 0 unspecified atom stereocenters. The zero-order valence-corrected chi connectivity index (χ0v) is 13.0. The average Bonchev–Trinajstić information content (AvgIpc) is 2.28. The second-order valence-corrected chi connectivity index (χ2v) is 9.10. The van der Waals surface area contributed by atoms with Gasteiger partial charge in [-0.15, -0.1) is 0 Å². The molecule has 1 aromatic rings. The van der Waals surface area contributed by atoms with E-state index in [4.69, 9.17) is 4.43 Å². The highest BCUT2D eigenvalue weighted by atomic mass is 79.9. The maximum Gasteiger partial charge on any atom is 0.223 e. The van der Waals surface area contributed by atoms with Crippen molar-refractivity contribution in [2.45, 2.75) is 38.8 Å². The van der Waals surface area contributed by atoms with Gasteiger partial charge in [-0.2, -0.15) is 0 Å². The number of benzene rings is 1. The predicted octanol–water partition coefficient (Wildman–Crippen LogP) is 4.07. The van der Waals surface area contributed by atoms with Crippen LogP contribution in [0.2, 0.25) is 12.1 Å². The fourth-order valence-corrected chi connectivity index (χ4v) is 6.83. The number of hydrogen-bond donors (Lipinski definition) is 0. The molecule has 0 saturated heterocycles. The summed E-state index contributed by atoms with van der Waals surface area (Å²) in [6.45, 7) is 4.49. The lowest BCUT2D eigenvalue weighted by Gasteiger charge is -2.30. The van der Waals surface area contributed by atoms with Gasteiger partial charge < -0.3 is 4.43 Å². The molecule has 0 saturated carbocycles. The zero-order valence-electron chi connectivity index (χ0n) is 10.4. The molecule has 16 heavy (non-hydrogen) atoms. The highest BCUT2D eigenvalue weighted by Gasteiger charge is 2.34. The van der Waals surface area contributed by atoms with Gasteiger partial charge in [0.05, 0.1) is 0 Å². The minimum Gasteiger partial charge on any atom is -0.415 e. The first kappa shape index (κ1) is 13.9. The summed E-state index contributed by atoms with van der Waals surface area (Å²) in [6, 6.07) is 11.1. The van der Waals surface area contributed by atoms with Crippen LogP contribution in [0.5, 0.6) is 0 Å². The molecule has 0 aliphatic heterocycles. The van der Waals surface area contributed by atoms with Crippen molar-refractivity contribution in [3.05, 3.63) is 28.7 Å². The first-order valence-electron chi connectivity index (χ1n) is 5.99. The first-order valence-corrected chi connectivity index (χ1v) is 9.11. The summed E-state index contributed by atoms with van der Waals surface area (Å²) in [5, 5.41) is 1.42. The molecule has 0 radical (unpaired) electrons. The topological polar surface area (TPSA) is 9.23 Å². The summed E-state index contributed by atoms with van der Waals surface area (Å²) in [5.41, 5.74) is 0. The van der Waals surface area contributed by atoms with E-state index in [9.17, 15) is 0 Å². The molecule has 3 heteroatoms. The zero-order chi connectivity index (χ0) is 12.0. The molecule has 0 fully saturated rings. The lowest BCUT2D eigenvalue weighted by molar-refractivity contribution is 0.400. The van der Waals surface area contributed by atoms with E-state index in [-0.39, 0.29) is 0 Å². The third kappa shape index (κ3) is 3.19. The van der Waals surface area contributed by atoms with Crippen LogP contribution in [-0.4, -0.2) is 15.4 Å². The fraction of sp³-hybridized carbons (Fsp3) is 0.538. The standard InChI is InChI=1S/C13H21BrOSi/c1-4-9-16(15-3,10-5-2)13-8-6-7-12(14)11-13/h6-8,11H,4-5,9-10H2,1-3H3.